The largest absolute Gasteiger partial charge is 0.396 e. The Kier molecular flexibility index (Phi) is 5.31. The van der Waals surface area contributed by atoms with Crippen LogP contribution in [0.15, 0.2) is 28.8 Å². The first kappa shape index (κ1) is 16.6. The lowest BCUT2D eigenvalue weighted by Crippen LogP contribution is -2.18. The fraction of sp³-hybridized carbons (Fsp3) is 0.467. The van der Waals surface area contributed by atoms with Gasteiger partial charge < -0.3 is 9.63 Å². The molecule has 120 valence electrons. The van der Waals surface area contributed by atoms with Crippen LogP contribution in [0.3, 0.4) is 0 Å². The third kappa shape index (κ3) is 4.64. The second-order valence-corrected chi connectivity index (χ2v) is 7.66. The molecule has 0 aliphatic rings. The number of nitrogens with zero attached hydrogens (tertiary/aromatic N) is 2. The fourth-order valence-electron chi connectivity index (χ4n) is 2.13. The van der Waals surface area contributed by atoms with Crippen LogP contribution in [0.4, 0.5) is 0 Å². The molecule has 0 aliphatic heterocycles. The first-order valence-electron chi connectivity index (χ1n) is 7.07. The summed E-state index contributed by atoms with van der Waals surface area (Å²) in [5.41, 5.74) is 2.18. The number of aromatic nitrogens is 2. The number of sulfone groups is 1. The molecule has 2 aromatic rings. The lowest BCUT2D eigenvalue weighted by molar-refractivity contribution is 0.249. The Morgan fingerprint density at radius 2 is 2.05 bits per heavy atom. The summed E-state index contributed by atoms with van der Waals surface area (Å²) in [7, 11) is -3.36. The highest BCUT2D eigenvalue weighted by atomic mass is 32.2. The lowest BCUT2D eigenvalue weighted by Gasteiger charge is -2.06. The first-order chi connectivity index (χ1) is 10.4. The predicted octanol–water partition coefficient (Wildman–Crippen LogP) is 1.51. The molecule has 6 nitrogen and oxygen atoms in total. The van der Waals surface area contributed by atoms with Crippen LogP contribution in [0.5, 0.6) is 0 Å². The Labute approximate surface area is 130 Å². The van der Waals surface area contributed by atoms with Crippen molar-refractivity contribution in [1.82, 2.24) is 10.1 Å². The van der Waals surface area contributed by atoms with E-state index in [4.69, 9.17) is 9.63 Å². The molecule has 0 saturated heterocycles. The molecule has 0 aliphatic carbocycles. The van der Waals surface area contributed by atoms with Crippen molar-refractivity contribution < 1.29 is 18.0 Å². The summed E-state index contributed by atoms with van der Waals surface area (Å²) < 4.78 is 29.0. The van der Waals surface area contributed by atoms with Gasteiger partial charge in [0.15, 0.2) is 15.7 Å². The van der Waals surface area contributed by atoms with Crippen LogP contribution in [0, 0.1) is 12.8 Å². The molecule has 0 saturated carbocycles. The zero-order chi connectivity index (χ0) is 16.2. The average molecular weight is 324 g/mol. The second kappa shape index (κ2) is 7.02. The molecule has 7 heteroatoms. The van der Waals surface area contributed by atoms with Gasteiger partial charge >= 0.3 is 0 Å². The summed E-state index contributed by atoms with van der Waals surface area (Å²) in [6, 6.07) is 7.85. The van der Waals surface area contributed by atoms with Crippen LogP contribution in [0.1, 0.15) is 29.8 Å². The van der Waals surface area contributed by atoms with Crippen molar-refractivity contribution in [2.24, 2.45) is 5.92 Å². The van der Waals surface area contributed by atoms with Crippen molar-refractivity contribution in [3.63, 3.8) is 0 Å². The van der Waals surface area contributed by atoms with Gasteiger partial charge in [0.05, 0.1) is 12.2 Å². The SMILES string of the molecule is Cc1ccccc1Cc1nc(CS(=O)(=O)CC(C)CO)no1. The number of hydrogen-bond donors (Lipinski definition) is 1. The summed E-state index contributed by atoms with van der Waals surface area (Å²) in [6.45, 7) is 3.51. The molecule has 1 atom stereocenters. The Hall–Kier alpha value is -1.73. The van der Waals surface area contributed by atoms with Gasteiger partial charge in [-0.15, -0.1) is 0 Å². The molecule has 1 unspecified atom stereocenters. The van der Waals surface area contributed by atoms with E-state index in [0.29, 0.717) is 12.3 Å². The zero-order valence-electron chi connectivity index (χ0n) is 12.7. The molecule has 0 spiro atoms. The van der Waals surface area contributed by atoms with Crippen molar-refractivity contribution in [1.29, 1.82) is 0 Å². The van der Waals surface area contributed by atoms with Gasteiger partial charge in [0.1, 0.15) is 5.75 Å². The van der Waals surface area contributed by atoms with Crippen molar-refractivity contribution in [2.45, 2.75) is 26.0 Å². The van der Waals surface area contributed by atoms with Gasteiger partial charge in [-0.05, 0) is 24.0 Å². The summed E-state index contributed by atoms with van der Waals surface area (Å²) in [6.07, 6.45) is 0.479. The Bertz CT molecular complexity index is 725. The molecular weight excluding hydrogens is 304 g/mol. The maximum absolute atomic E-state index is 12.0. The normalized spacial score (nSPS) is 13.2. The highest BCUT2D eigenvalue weighted by Crippen LogP contribution is 2.13. The van der Waals surface area contributed by atoms with Crippen molar-refractivity contribution in [3.8, 4) is 0 Å². The highest BCUT2D eigenvalue weighted by Gasteiger charge is 2.20. The van der Waals surface area contributed by atoms with Crippen LogP contribution in [-0.2, 0) is 22.0 Å². The van der Waals surface area contributed by atoms with E-state index in [2.05, 4.69) is 10.1 Å². The average Bonchev–Trinajstić information content (AvgIpc) is 2.87. The van der Waals surface area contributed by atoms with Gasteiger partial charge in [0.2, 0.25) is 5.89 Å². The summed E-state index contributed by atoms with van der Waals surface area (Å²) >= 11 is 0. The van der Waals surface area contributed by atoms with Crippen LogP contribution < -0.4 is 0 Å². The minimum Gasteiger partial charge on any atom is -0.396 e. The van der Waals surface area contributed by atoms with E-state index < -0.39 is 9.84 Å². The molecule has 1 heterocycles. The predicted molar refractivity (Wildman–Crippen MR) is 82.0 cm³/mol. The number of benzene rings is 1. The van der Waals surface area contributed by atoms with E-state index in [-0.39, 0.29) is 29.9 Å². The van der Waals surface area contributed by atoms with Crippen LogP contribution in [0.25, 0.3) is 0 Å². The standard InChI is InChI=1S/C15H20N2O4S/c1-11(8-18)9-22(19,20)10-14-16-15(21-17-14)7-13-6-4-3-5-12(13)2/h3-6,11,18H,7-10H2,1-2H3. The third-order valence-corrected chi connectivity index (χ3v) is 5.09. The van der Waals surface area contributed by atoms with Crippen LogP contribution >= 0.6 is 0 Å². The van der Waals surface area contributed by atoms with Crippen molar-refractivity contribution >= 4 is 9.84 Å². The maximum Gasteiger partial charge on any atom is 0.231 e. The number of aliphatic hydroxyl groups excluding tert-OH is 1. The van der Waals surface area contributed by atoms with E-state index in [1.165, 1.54) is 0 Å². The van der Waals surface area contributed by atoms with Gasteiger partial charge in [0.25, 0.3) is 0 Å². The molecule has 1 aromatic carbocycles. The van der Waals surface area contributed by atoms with E-state index in [1.54, 1.807) is 6.92 Å². The van der Waals surface area contributed by atoms with Crippen LogP contribution in [-0.4, -0.2) is 36.0 Å². The molecular formula is C15H20N2O4S. The first-order valence-corrected chi connectivity index (χ1v) is 8.89. The Balaban J connectivity index is 2.04. The van der Waals surface area contributed by atoms with Crippen LogP contribution in [0.2, 0.25) is 0 Å². The summed E-state index contributed by atoms with van der Waals surface area (Å²) in [5, 5.41) is 12.7. The van der Waals surface area contributed by atoms with Crippen molar-refractivity contribution in [2.75, 3.05) is 12.4 Å². The minimum absolute atomic E-state index is 0.0921. The van der Waals surface area contributed by atoms with Gasteiger partial charge in [0, 0.05) is 6.61 Å². The topological polar surface area (TPSA) is 93.3 Å². The third-order valence-electron chi connectivity index (χ3n) is 3.31. The van der Waals surface area contributed by atoms with E-state index in [1.807, 2.05) is 31.2 Å². The van der Waals surface area contributed by atoms with E-state index in [0.717, 1.165) is 11.1 Å². The molecule has 1 N–H and O–H groups in total. The lowest BCUT2D eigenvalue weighted by atomic mass is 10.1. The quantitative estimate of drug-likeness (QED) is 0.830. The summed E-state index contributed by atoms with van der Waals surface area (Å²) in [4.78, 5) is 4.15. The molecule has 22 heavy (non-hydrogen) atoms. The fourth-order valence-corrected chi connectivity index (χ4v) is 3.73. The molecule has 0 bridgehead atoms. The number of aliphatic hydroxyl groups is 1. The van der Waals surface area contributed by atoms with Gasteiger partial charge in [-0.3, -0.25) is 0 Å². The highest BCUT2D eigenvalue weighted by molar-refractivity contribution is 7.90. The number of aryl methyl sites for hydroxylation is 1. The maximum atomic E-state index is 12.0. The molecule has 2 rings (SSSR count). The van der Waals surface area contributed by atoms with Gasteiger partial charge in [-0.1, -0.05) is 36.3 Å². The Morgan fingerprint density at radius 3 is 2.73 bits per heavy atom. The smallest absolute Gasteiger partial charge is 0.231 e. The van der Waals surface area contributed by atoms with Crippen molar-refractivity contribution in [3.05, 3.63) is 47.1 Å². The van der Waals surface area contributed by atoms with Gasteiger partial charge in [-0.25, -0.2) is 8.42 Å². The van der Waals surface area contributed by atoms with Gasteiger partial charge in [-0.2, -0.15) is 4.98 Å². The molecule has 0 radical (unpaired) electrons. The molecule has 0 amide bonds. The monoisotopic (exact) mass is 324 g/mol. The molecule has 1 aromatic heterocycles. The van der Waals surface area contributed by atoms with E-state index >= 15 is 0 Å². The second-order valence-electron chi connectivity index (χ2n) is 5.55. The summed E-state index contributed by atoms with van der Waals surface area (Å²) in [5.74, 6) is -0.105. The van der Waals surface area contributed by atoms with E-state index in [9.17, 15) is 8.42 Å². The minimum atomic E-state index is -3.36. The molecule has 0 fully saturated rings. The number of hydrogen-bond acceptors (Lipinski definition) is 6. The number of rotatable bonds is 7. The zero-order valence-corrected chi connectivity index (χ0v) is 13.5. The Morgan fingerprint density at radius 1 is 1.32 bits per heavy atom.